The molecular weight excluding hydrogens is 550 g/mol. The summed E-state index contributed by atoms with van der Waals surface area (Å²) in [4.78, 5) is 45.0. The van der Waals surface area contributed by atoms with Gasteiger partial charge < -0.3 is 4.84 Å². The van der Waals surface area contributed by atoms with Crippen LogP contribution in [0.1, 0.15) is 52.5 Å². The van der Waals surface area contributed by atoms with Crippen molar-refractivity contribution in [1.29, 1.82) is 0 Å². The van der Waals surface area contributed by atoms with Gasteiger partial charge in [0.25, 0.3) is 0 Å². The first-order chi connectivity index (χ1) is 18.9. The van der Waals surface area contributed by atoms with Gasteiger partial charge in [0.1, 0.15) is 5.71 Å². The monoisotopic (exact) mass is 575 g/mol. The number of carbonyl (C=O) groups excluding carboxylic acids is 3. The third-order valence-electron chi connectivity index (χ3n) is 5.74. The van der Waals surface area contributed by atoms with Gasteiger partial charge >= 0.3 is 5.97 Å². The third-order valence-corrected chi connectivity index (χ3v) is 8.19. The van der Waals surface area contributed by atoms with E-state index in [0.29, 0.717) is 28.9 Å². The zero-order chi connectivity index (χ0) is 27.6. The van der Waals surface area contributed by atoms with Gasteiger partial charge in [-0.2, -0.15) is 0 Å². The molecule has 4 rings (SSSR count). The number of benzene rings is 3. The molecule has 198 valence electrons. The van der Waals surface area contributed by atoms with Crippen LogP contribution < -0.4 is 0 Å². The average Bonchev–Trinajstić information content (AvgIpc) is 2.96. The van der Waals surface area contributed by atoms with Gasteiger partial charge in [-0.05, 0) is 72.4 Å². The third kappa shape index (κ3) is 8.55. The Bertz CT molecular complexity index is 1430. The van der Waals surface area contributed by atoms with Crippen LogP contribution >= 0.6 is 35.1 Å². The van der Waals surface area contributed by atoms with Gasteiger partial charge in [-0.1, -0.05) is 64.9 Å². The highest BCUT2D eigenvalue weighted by molar-refractivity contribution is 8.03. The quantitative estimate of drug-likeness (QED) is 0.0995. The number of Topliss-reactive ketones (excluding diaryl/α,β-unsaturated/α-hetero) is 1. The zero-order valence-electron chi connectivity index (χ0n) is 21.3. The number of carbonyl (C=O) groups is 3. The molecule has 0 N–H and O–H groups in total. The predicted molar refractivity (Wildman–Crippen MR) is 159 cm³/mol. The van der Waals surface area contributed by atoms with Gasteiger partial charge in [-0.3, -0.25) is 9.59 Å². The molecule has 3 aromatic rings. The number of halogens is 1. The van der Waals surface area contributed by atoms with Crippen molar-refractivity contribution in [2.75, 3.05) is 5.75 Å². The van der Waals surface area contributed by atoms with Crippen LogP contribution in [0.4, 0.5) is 0 Å². The molecule has 1 aliphatic rings. The summed E-state index contributed by atoms with van der Waals surface area (Å²) >= 11 is 9.19. The van der Waals surface area contributed by atoms with Gasteiger partial charge in [-0.25, -0.2) is 4.79 Å². The maximum atomic E-state index is 13.2. The Morgan fingerprint density at radius 2 is 1.44 bits per heavy atom. The first-order valence-electron chi connectivity index (χ1n) is 12.3. The number of allylic oxidation sites excluding steroid dienone is 4. The molecule has 0 unspecified atom stereocenters. The normalized spacial score (nSPS) is 13.3. The molecule has 39 heavy (non-hydrogen) atoms. The highest BCUT2D eigenvalue weighted by Gasteiger charge is 2.17. The molecule has 0 amide bonds. The van der Waals surface area contributed by atoms with Crippen molar-refractivity contribution >= 4 is 58.4 Å². The molecule has 0 spiro atoms. The second-order valence-corrected chi connectivity index (χ2v) is 11.5. The van der Waals surface area contributed by atoms with Crippen molar-refractivity contribution in [2.45, 2.75) is 36.0 Å². The summed E-state index contributed by atoms with van der Waals surface area (Å²) in [5.41, 5.74) is 1.94. The van der Waals surface area contributed by atoms with E-state index >= 15 is 0 Å². The van der Waals surface area contributed by atoms with Crippen LogP contribution in [-0.4, -0.2) is 29.0 Å². The second-order valence-electron chi connectivity index (χ2n) is 8.64. The number of nitrogens with zero attached hydrogens (tertiary/aromatic N) is 1. The van der Waals surface area contributed by atoms with Gasteiger partial charge in [0.15, 0.2) is 5.78 Å². The predicted octanol–water partition coefficient (Wildman–Crippen LogP) is 8.09. The molecule has 0 heterocycles. The molecule has 0 fully saturated rings. The minimum Gasteiger partial charge on any atom is -0.318 e. The molecule has 0 aliphatic heterocycles. The van der Waals surface area contributed by atoms with Crippen LogP contribution in [0.3, 0.4) is 0 Å². The van der Waals surface area contributed by atoms with E-state index < -0.39 is 5.97 Å². The highest BCUT2D eigenvalue weighted by atomic mass is 35.5. The number of hydrogen-bond acceptors (Lipinski definition) is 7. The van der Waals surface area contributed by atoms with Crippen LogP contribution in [0.15, 0.2) is 116 Å². The van der Waals surface area contributed by atoms with Crippen LogP contribution in [0.2, 0.25) is 0 Å². The summed E-state index contributed by atoms with van der Waals surface area (Å²) < 4.78 is 0. The first-order valence-corrected chi connectivity index (χ1v) is 14.5. The second kappa shape index (κ2) is 14.1. The van der Waals surface area contributed by atoms with Crippen molar-refractivity contribution < 1.29 is 19.2 Å². The lowest BCUT2D eigenvalue weighted by atomic mass is 10.0. The Hall–Kier alpha value is -3.39. The lowest BCUT2D eigenvalue weighted by molar-refractivity contribution is -0.140. The van der Waals surface area contributed by atoms with E-state index in [1.165, 1.54) is 23.6 Å². The molecule has 0 radical (unpaired) electrons. The largest absolute Gasteiger partial charge is 0.331 e. The smallest absolute Gasteiger partial charge is 0.318 e. The highest BCUT2D eigenvalue weighted by Crippen LogP contribution is 2.30. The van der Waals surface area contributed by atoms with Crippen molar-refractivity contribution in [2.24, 2.45) is 5.16 Å². The molecule has 3 aromatic carbocycles. The SMILES string of the molecule is CC(=O)O/N=C(\CCSC1=CC=C(Cl)CC1)C(=O)c1ccc(Sc2ccc(C(=O)c3ccccc3)cc2)cc1. The summed E-state index contributed by atoms with van der Waals surface area (Å²) in [6.45, 7) is 1.25. The lowest BCUT2D eigenvalue weighted by Gasteiger charge is -2.11. The number of oxime groups is 1. The molecule has 0 atom stereocenters. The topological polar surface area (TPSA) is 72.8 Å². The van der Waals surface area contributed by atoms with Crippen molar-refractivity contribution in [1.82, 2.24) is 0 Å². The molecule has 0 bridgehead atoms. The van der Waals surface area contributed by atoms with Gasteiger partial charge in [0.2, 0.25) is 5.78 Å². The number of rotatable bonds is 11. The summed E-state index contributed by atoms with van der Waals surface area (Å²) in [6, 6.07) is 23.8. The molecule has 0 saturated heterocycles. The number of ketones is 2. The minimum atomic E-state index is -0.578. The van der Waals surface area contributed by atoms with E-state index in [4.69, 9.17) is 16.4 Å². The summed E-state index contributed by atoms with van der Waals surface area (Å²) in [6.07, 6.45) is 5.93. The molecule has 1 aliphatic carbocycles. The van der Waals surface area contributed by atoms with E-state index in [2.05, 4.69) is 5.16 Å². The molecular formula is C31H26ClNO4S2. The standard InChI is InChI=1S/C31H26ClNO4S2/c1-21(34)37-33-29(19-20-38-26-17-11-25(32)12-18-26)31(36)24-9-15-28(16-10-24)39-27-13-7-23(8-14-27)30(35)22-5-3-2-4-6-22/h2-11,13-17H,12,18-20H2,1H3/b33-29+. The van der Waals surface area contributed by atoms with Crippen molar-refractivity contribution in [3.8, 4) is 0 Å². The maximum Gasteiger partial charge on any atom is 0.331 e. The van der Waals surface area contributed by atoms with Gasteiger partial charge in [0.05, 0.1) is 0 Å². The molecule has 0 saturated carbocycles. The Balaban J connectivity index is 1.38. The Morgan fingerprint density at radius 3 is 2.03 bits per heavy atom. The van der Waals surface area contributed by atoms with Gasteiger partial charge in [-0.15, -0.1) is 11.8 Å². The number of thioether (sulfide) groups is 1. The fourth-order valence-corrected chi connectivity index (χ4v) is 5.66. The van der Waals surface area contributed by atoms with Crippen LogP contribution in [0, 0.1) is 0 Å². The Morgan fingerprint density at radius 1 is 0.821 bits per heavy atom. The van der Waals surface area contributed by atoms with E-state index in [9.17, 15) is 14.4 Å². The molecule has 8 heteroatoms. The Kier molecular flexibility index (Phi) is 10.4. The fraction of sp³-hybridized carbons (Fsp3) is 0.161. The fourth-order valence-electron chi connectivity index (χ4n) is 3.72. The first kappa shape index (κ1) is 28.6. The van der Waals surface area contributed by atoms with E-state index in [1.54, 1.807) is 36.0 Å². The van der Waals surface area contributed by atoms with Gasteiger partial charge in [0, 0.05) is 50.6 Å². The lowest BCUT2D eigenvalue weighted by Crippen LogP contribution is -2.16. The molecule has 5 nitrogen and oxygen atoms in total. The maximum absolute atomic E-state index is 13.2. The summed E-state index contributed by atoms with van der Waals surface area (Å²) in [7, 11) is 0. The van der Waals surface area contributed by atoms with E-state index in [1.807, 2.05) is 66.7 Å². The van der Waals surface area contributed by atoms with Crippen LogP contribution in [0.25, 0.3) is 0 Å². The Labute approximate surface area is 241 Å². The van der Waals surface area contributed by atoms with Crippen LogP contribution in [0.5, 0.6) is 0 Å². The van der Waals surface area contributed by atoms with E-state index in [-0.39, 0.29) is 17.3 Å². The average molecular weight is 576 g/mol. The van der Waals surface area contributed by atoms with Crippen molar-refractivity contribution in [3.63, 3.8) is 0 Å². The van der Waals surface area contributed by atoms with Crippen molar-refractivity contribution in [3.05, 3.63) is 118 Å². The minimum absolute atomic E-state index is 0.0173. The molecule has 0 aromatic heterocycles. The zero-order valence-corrected chi connectivity index (χ0v) is 23.7. The summed E-state index contributed by atoms with van der Waals surface area (Å²) in [5, 5.41) is 4.68. The number of hydrogen-bond donors (Lipinski definition) is 0. The summed E-state index contributed by atoms with van der Waals surface area (Å²) in [5.74, 6) is -0.250. The van der Waals surface area contributed by atoms with Crippen LogP contribution in [-0.2, 0) is 9.63 Å². The van der Waals surface area contributed by atoms with E-state index in [0.717, 1.165) is 27.7 Å².